The van der Waals surface area contributed by atoms with Crippen LogP contribution in [0, 0.1) is 0 Å². The largest absolute Gasteiger partial charge is 0.489 e. The van der Waals surface area contributed by atoms with E-state index >= 15 is 0 Å². The minimum Gasteiger partial charge on any atom is -0.489 e. The normalized spacial score (nSPS) is 21.4. The first-order valence-electron chi connectivity index (χ1n) is 17.4. The molecular weight excluding hydrogens is 624 g/mol. The van der Waals surface area contributed by atoms with Crippen molar-refractivity contribution in [2.75, 3.05) is 26.4 Å². The number of fused-ring (bicyclic) bond motifs is 8. The number of hydrogen-bond donors (Lipinski definition) is 0. The molecule has 0 amide bonds. The summed E-state index contributed by atoms with van der Waals surface area (Å²) in [4.78, 5) is 27.5. The Morgan fingerprint density at radius 1 is 0.340 bits per heavy atom. The van der Waals surface area contributed by atoms with Crippen molar-refractivity contribution < 1.29 is 28.5 Å². The molecule has 0 N–H and O–H groups in total. The Morgan fingerprint density at radius 2 is 0.580 bits per heavy atom. The second-order valence-electron chi connectivity index (χ2n) is 12.6. The van der Waals surface area contributed by atoms with E-state index in [0.29, 0.717) is 75.1 Å². The van der Waals surface area contributed by atoms with Gasteiger partial charge in [0.05, 0.1) is 0 Å². The zero-order valence-corrected chi connectivity index (χ0v) is 28.1. The molecule has 252 valence electrons. The van der Waals surface area contributed by atoms with Crippen LogP contribution in [0.2, 0.25) is 0 Å². The van der Waals surface area contributed by atoms with Gasteiger partial charge >= 0.3 is 0 Å². The minimum atomic E-state index is 0.0497. The quantitative estimate of drug-likeness (QED) is 0.187. The number of ether oxygens (including phenoxy) is 4. The molecule has 0 aromatic heterocycles. The SMILES string of the molecule is O=C1/C2=C\c3ccccc3OCCOc3ccccc3/C=C3/CCC/C(=C/c4ccccc4OCCOc4ccccc4/C=C\1CCC2)C3=O. The Hall–Kier alpha value is -5.62. The first-order chi connectivity index (χ1) is 24.6. The van der Waals surface area contributed by atoms with Crippen LogP contribution in [-0.4, -0.2) is 38.0 Å². The molecule has 7 rings (SSSR count). The lowest BCUT2D eigenvalue weighted by Gasteiger charge is -2.19. The van der Waals surface area contributed by atoms with Gasteiger partial charge in [-0.3, -0.25) is 9.59 Å². The molecule has 0 radical (unpaired) electrons. The number of rotatable bonds is 0. The van der Waals surface area contributed by atoms with Crippen LogP contribution in [0.4, 0.5) is 0 Å². The highest BCUT2D eigenvalue weighted by atomic mass is 16.5. The summed E-state index contributed by atoms with van der Waals surface area (Å²) in [6, 6.07) is 31.1. The third-order valence-electron chi connectivity index (χ3n) is 9.14. The molecule has 2 saturated carbocycles. The van der Waals surface area contributed by atoms with Gasteiger partial charge in [-0.05, 0) is 87.1 Å². The molecule has 6 heteroatoms. The average molecular weight is 665 g/mol. The van der Waals surface area contributed by atoms with Crippen LogP contribution in [0.3, 0.4) is 0 Å². The zero-order chi connectivity index (χ0) is 34.1. The highest BCUT2D eigenvalue weighted by Crippen LogP contribution is 2.34. The summed E-state index contributed by atoms with van der Waals surface area (Å²) in [5, 5.41) is 0. The molecule has 50 heavy (non-hydrogen) atoms. The molecule has 4 aromatic rings. The molecule has 0 spiro atoms. The van der Waals surface area contributed by atoms with Gasteiger partial charge in [-0.25, -0.2) is 0 Å². The Morgan fingerprint density at radius 3 is 0.840 bits per heavy atom. The standard InChI is InChI=1S/C44H40O6/c45-43-35-15-9-16-36(43)28-32-12-2-7-21-41(32)49-25-26-50-42-22-8-4-14-34(42)30-38-18-10-17-37(44(38)46)29-33-13-3-6-20-40(33)48-24-23-47-39-19-5-1-11-31(39)27-35/h1-8,11-14,19-22,27-30H,9-10,15-18,23-26H2/b35-27-,36-28-,37-29-,38-30-. The fourth-order valence-electron chi connectivity index (χ4n) is 6.64. The van der Waals surface area contributed by atoms with Crippen molar-refractivity contribution in [1.82, 2.24) is 0 Å². The Bertz CT molecular complexity index is 1730. The summed E-state index contributed by atoms with van der Waals surface area (Å²) in [5.41, 5.74) is 6.47. The van der Waals surface area contributed by atoms with Crippen molar-refractivity contribution in [1.29, 1.82) is 0 Å². The second kappa shape index (κ2) is 15.7. The third-order valence-corrected chi connectivity index (χ3v) is 9.14. The van der Waals surface area contributed by atoms with Gasteiger partial charge in [-0.2, -0.15) is 0 Å². The fourth-order valence-corrected chi connectivity index (χ4v) is 6.64. The molecule has 2 fully saturated rings. The molecule has 0 atom stereocenters. The molecule has 4 aromatic carbocycles. The van der Waals surface area contributed by atoms with E-state index in [1.165, 1.54) is 0 Å². The first-order valence-corrected chi connectivity index (χ1v) is 17.4. The third kappa shape index (κ3) is 7.81. The zero-order valence-electron chi connectivity index (χ0n) is 28.1. The van der Waals surface area contributed by atoms with Crippen molar-refractivity contribution in [3.05, 3.63) is 142 Å². The fraction of sp³-hybridized carbons (Fsp3) is 0.227. The van der Waals surface area contributed by atoms with Crippen molar-refractivity contribution in [3.63, 3.8) is 0 Å². The van der Waals surface area contributed by atoms with E-state index in [1.807, 2.05) is 121 Å². The van der Waals surface area contributed by atoms with Crippen LogP contribution in [0.1, 0.15) is 60.8 Å². The number of allylic oxidation sites excluding steroid dienone is 4. The van der Waals surface area contributed by atoms with Crippen LogP contribution < -0.4 is 18.9 Å². The van der Waals surface area contributed by atoms with Crippen LogP contribution in [0.25, 0.3) is 24.3 Å². The highest BCUT2D eigenvalue weighted by Gasteiger charge is 2.23. The monoisotopic (exact) mass is 664 g/mol. The topological polar surface area (TPSA) is 71.1 Å². The summed E-state index contributed by atoms with van der Waals surface area (Å²) in [6.45, 7) is 1.26. The molecular formula is C44H40O6. The number of benzene rings is 4. The van der Waals surface area contributed by atoms with E-state index in [2.05, 4.69) is 0 Å². The molecule has 0 unspecified atom stereocenters. The van der Waals surface area contributed by atoms with Crippen LogP contribution in [0.5, 0.6) is 23.0 Å². The maximum Gasteiger partial charge on any atom is 0.185 e. The Balaban J connectivity index is 1.21. The number of Topliss-reactive ketones (excluding diaryl/α,β-unsaturated/α-hetero) is 2. The van der Waals surface area contributed by atoms with Gasteiger partial charge in [0, 0.05) is 44.5 Å². The summed E-state index contributed by atoms with van der Waals surface area (Å²) in [6.07, 6.45) is 12.4. The Labute approximate surface area is 293 Å². The summed E-state index contributed by atoms with van der Waals surface area (Å²) in [7, 11) is 0. The smallest absolute Gasteiger partial charge is 0.185 e. The van der Waals surface area contributed by atoms with Crippen LogP contribution in [0.15, 0.2) is 119 Å². The number of para-hydroxylation sites is 4. The van der Waals surface area contributed by atoms with Gasteiger partial charge in [0.2, 0.25) is 0 Å². The predicted octanol–water partition coefficient (Wildman–Crippen LogP) is 9.36. The van der Waals surface area contributed by atoms with Gasteiger partial charge in [-0.1, -0.05) is 72.8 Å². The molecule has 1 aliphatic heterocycles. The van der Waals surface area contributed by atoms with Crippen LogP contribution >= 0.6 is 0 Å². The van der Waals surface area contributed by atoms with Crippen molar-refractivity contribution in [2.24, 2.45) is 0 Å². The second-order valence-corrected chi connectivity index (χ2v) is 12.6. The molecule has 2 aliphatic carbocycles. The minimum absolute atomic E-state index is 0.0497. The van der Waals surface area contributed by atoms with Crippen molar-refractivity contribution >= 4 is 35.9 Å². The summed E-state index contributed by atoms with van der Waals surface area (Å²) >= 11 is 0. The van der Waals surface area contributed by atoms with Crippen molar-refractivity contribution in [3.8, 4) is 23.0 Å². The molecule has 1 heterocycles. The predicted molar refractivity (Wildman–Crippen MR) is 197 cm³/mol. The van der Waals surface area contributed by atoms with E-state index < -0.39 is 0 Å². The molecule has 0 saturated heterocycles. The van der Waals surface area contributed by atoms with Gasteiger partial charge in [0.25, 0.3) is 0 Å². The van der Waals surface area contributed by atoms with Crippen LogP contribution in [-0.2, 0) is 9.59 Å². The summed E-state index contributed by atoms with van der Waals surface area (Å²) < 4.78 is 24.8. The number of hydrogen-bond acceptors (Lipinski definition) is 6. The van der Waals surface area contributed by atoms with Crippen molar-refractivity contribution in [2.45, 2.75) is 38.5 Å². The Kier molecular flexibility index (Phi) is 10.4. The lowest BCUT2D eigenvalue weighted by Crippen LogP contribution is -2.14. The van der Waals surface area contributed by atoms with E-state index in [4.69, 9.17) is 18.9 Å². The van der Waals surface area contributed by atoms with Gasteiger partial charge < -0.3 is 18.9 Å². The van der Waals surface area contributed by atoms with Gasteiger partial charge in [0.15, 0.2) is 11.6 Å². The van der Waals surface area contributed by atoms with E-state index in [-0.39, 0.29) is 11.6 Å². The molecule has 4 bridgehead atoms. The number of carbonyl (C=O) groups excluding carboxylic acids is 2. The van der Waals surface area contributed by atoms with E-state index in [1.54, 1.807) is 0 Å². The maximum absolute atomic E-state index is 13.7. The lowest BCUT2D eigenvalue weighted by atomic mass is 9.86. The van der Waals surface area contributed by atoms with E-state index in [0.717, 1.165) is 57.4 Å². The highest BCUT2D eigenvalue weighted by molar-refractivity contribution is 6.15. The van der Waals surface area contributed by atoms with E-state index in [9.17, 15) is 9.59 Å². The maximum atomic E-state index is 13.7. The lowest BCUT2D eigenvalue weighted by molar-refractivity contribution is -0.113. The molecule has 3 aliphatic rings. The number of carbonyl (C=O) groups is 2. The van der Waals surface area contributed by atoms with Gasteiger partial charge in [-0.15, -0.1) is 0 Å². The summed E-state index contributed by atoms with van der Waals surface area (Å²) in [5.74, 6) is 2.87. The first kappa shape index (κ1) is 32.9. The molecule has 6 nitrogen and oxygen atoms in total. The number of ketones is 2. The van der Waals surface area contributed by atoms with Gasteiger partial charge in [0.1, 0.15) is 49.4 Å². The average Bonchev–Trinajstić information content (AvgIpc) is 3.14.